The van der Waals surface area contributed by atoms with Crippen LogP contribution in [0.15, 0.2) is 48.5 Å². The fourth-order valence-electron chi connectivity index (χ4n) is 1.93. The molecule has 0 spiro atoms. The van der Waals surface area contributed by atoms with E-state index in [0.29, 0.717) is 16.7 Å². The smallest absolute Gasteiger partial charge is 0.252 e. The van der Waals surface area contributed by atoms with Gasteiger partial charge in [-0.05, 0) is 36.2 Å². The van der Waals surface area contributed by atoms with Crippen molar-refractivity contribution in [3.63, 3.8) is 0 Å². The lowest BCUT2D eigenvalue weighted by atomic mass is 10.1. The summed E-state index contributed by atoms with van der Waals surface area (Å²) < 4.78 is 13.0. The van der Waals surface area contributed by atoms with Crippen LogP contribution in [0.5, 0.6) is 0 Å². The number of rotatable bonds is 3. The minimum absolute atomic E-state index is 0.364. The molecular weight excluding hydrogens is 255 g/mol. The molecule has 1 unspecified atom stereocenters. The van der Waals surface area contributed by atoms with Crippen molar-refractivity contribution < 1.29 is 9.18 Å². The zero-order chi connectivity index (χ0) is 14.5. The van der Waals surface area contributed by atoms with E-state index in [-0.39, 0.29) is 5.82 Å². The second kappa shape index (κ2) is 5.98. The van der Waals surface area contributed by atoms with Crippen LogP contribution in [0.2, 0.25) is 0 Å². The van der Waals surface area contributed by atoms with Crippen LogP contribution in [0.3, 0.4) is 0 Å². The molecule has 0 bridgehead atoms. The average Bonchev–Trinajstić information content (AvgIpc) is 2.45. The third-order valence-corrected chi connectivity index (χ3v) is 2.97. The summed E-state index contributed by atoms with van der Waals surface area (Å²) in [5.41, 5.74) is 1.61. The quantitative estimate of drug-likeness (QED) is 0.929. The van der Waals surface area contributed by atoms with Crippen LogP contribution in [0.25, 0.3) is 0 Å². The van der Waals surface area contributed by atoms with Crippen molar-refractivity contribution in [1.29, 1.82) is 5.26 Å². The molecule has 100 valence electrons. The lowest BCUT2D eigenvalue weighted by Crippen LogP contribution is -2.28. The van der Waals surface area contributed by atoms with Crippen molar-refractivity contribution in [2.24, 2.45) is 0 Å². The lowest BCUT2D eigenvalue weighted by molar-refractivity contribution is 0.0944. The number of carbonyl (C=O) groups excluding carboxylic acids is 1. The maximum absolute atomic E-state index is 13.0. The number of carbonyl (C=O) groups is 1. The van der Waals surface area contributed by atoms with Crippen LogP contribution < -0.4 is 5.32 Å². The third-order valence-electron chi connectivity index (χ3n) is 2.97. The fourth-order valence-corrected chi connectivity index (χ4v) is 1.93. The predicted octanol–water partition coefficient (Wildman–Crippen LogP) is 3.13. The van der Waals surface area contributed by atoms with Gasteiger partial charge in [-0.3, -0.25) is 4.79 Å². The summed E-state index contributed by atoms with van der Waals surface area (Å²) >= 11 is 0. The number of aryl methyl sites for hydroxylation is 1. The number of nitrogens with zero attached hydrogens (tertiary/aromatic N) is 1. The first-order chi connectivity index (χ1) is 9.61. The standard InChI is InChI=1S/C16H13FN2O/c1-11-9-13(17)7-8-14(11)16(20)19-15(10-18)12-5-3-2-4-6-12/h2-9,15H,1H3,(H,19,20). The molecule has 0 aliphatic heterocycles. The Morgan fingerprint density at radius 3 is 2.55 bits per heavy atom. The van der Waals surface area contributed by atoms with Gasteiger partial charge in [0.05, 0.1) is 6.07 Å². The van der Waals surface area contributed by atoms with Crippen LogP contribution in [0.1, 0.15) is 27.5 Å². The van der Waals surface area contributed by atoms with Crippen molar-refractivity contribution in [3.05, 3.63) is 71.0 Å². The van der Waals surface area contributed by atoms with Crippen LogP contribution in [0, 0.1) is 24.1 Å². The number of halogens is 1. The molecule has 0 aliphatic rings. The fraction of sp³-hybridized carbons (Fsp3) is 0.125. The summed E-state index contributed by atoms with van der Waals surface area (Å²) in [6, 6.07) is 14.2. The van der Waals surface area contributed by atoms with Crippen LogP contribution in [0.4, 0.5) is 4.39 Å². The van der Waals surface area contributed by atoms with Crippen LogP contribution in [-0.2, 0) is 0 Å². The van der Waals surface area contributed by atoms with E-state index < -0.39 is 11.9 Å². The molecule has 0 heterocycles. The summed E-state index contributed by atoms with van der Waals surface area (Å²) in [4.78, 5) is 12.1. The summed E-state index contributed by atoms with van der Waals surface area (Å²) in [6.45, 7) is 1.65. The van der Waals surface area contributed by atoms with Gasteiger partial charge in [-0.25, -0.2) is 4.39 Å². The Hall–Kier alpha value is -2.67. The van der Waals surface area contributed by atoms with E-state index in [9.17, 15) is 9.18 Å². The molecule has 0 fully saturated rings. The van der Waals surface area contributed by atoms with Gasteiger partial charge >= 0.3 is 0 Å². The van der Waals surface area contributed by atoms with Crippen LogP contribution in [-0.4, -0.2) is 5.91 Å². The van der Waals surface area contributed by atoms with Gasteiger partial charge < -0.3 is 5.32 Å². The Morgan fingerprint density at radius 1 is 1.25 bits per heavy atom. The normalized spacial score (nSPS) is 11.4. The Labute approximate surface area is 116 Å². The molecule has 1 amide bonds. The van der Waals surface area contributed by atoms with Crippen molar-refractivity contribution in [1.82, 2.24) is 5.32 Å². The molecule has 1 atom stereocenters. The Bertz CT molecular complexity index is 662. The topological polar surface area (TPSA) is 52.9 Å². The van der Waals surface area contributed by atoms with Crippen molar-refractivity contribution >= 4 is 5.91 Å². The van der Waals surface area contributed by atoms with E-state index in [0.717, 1.165) is 0 Å². The first kappa shape index (κ1) is 13.8. The van der Waals surface area contributed by atoms with Gasteiger partial charge in [-0.15, -0.1) is 0 Å². The van der Waals surface area contributed by atoms with Gasteiger partial charge in [0.1, 0.15) is 11.9 Å². The van der Waals surface area contributed by atoms with E-state index in [1.165, 1.54) is 18.2 Å². The average molecular weight is 268 g/mol. The van der Waals surface area contributed by atoms with Gasteiger partial charge in [-0.1, -0.05) is 30.3 Å². The molecule has 2 aromatic rings. The molecule has 2 aromatic carbocycles. The van der Waals surface area contributed by atoms with Crippen molar-refractivity contribution in [3.8, 4) is 6.07 Å². The SMILES string of the molecule is Cc1cc(F)ccc1C(=O)NC(C#N)c1ccccc1. The number of benzene rings is 2. The highest BCUT2D eigenvalue weighted by atomic mass is 19.1. The zero-order valence-corrected chi connectivity index (χ0v) is 10.9. The molecule has 20 heavy (non-hydrogen) atoms. The first-order valence-electron chi connectivity index (χ1n) is 6.13. The second-order valence-electron chi connectivity index (χ2n) is 4.41. The maximum atomic E-state index is 13.0. The monoisotopic (exact) mass is 268 g/mol. The van der Waals surface area contributed by atoms with E-state index in [4.69, 9.17) is 5.26 Å². The zero-order valence-electron chi connectivity index (χ0n) is 10.9. The molecular formula is C16H13FN2O. The van der Waals surface area contributed by atoms with E-state index in [2.05, 4.69) is 5.32 Å². The number of nitrogens with one attached hydrogen (secondary N) is 1. The Kier molecular flexibility index (Phi) is 4.11. The van der Waals surface area contributed by atoms with Crippen LogP contribution >= 0.6 is 0 Å². The summed E-state index contributed by atoms with van der Waals surface area (Å²) in [5.74, 6) is -0.781. The molecule has 2 rings (SSSR count). The number of hydrogen-bond donors (Lipinski definition) is 1. The van der Waals surface area contributed by atoms with Gasteiger partial charge in [0.25, 0.3) is 5.91 Å². The first-order valence-corrected chi connectivity index (χ1v) is 6.13. The Morgan fingerprint density at radius 2 is 1.95 bits per heavy atom. The molecule has 0 radical (unpaired) electrons. The lowest BCUT2D eigenvalue weighted by Gasteiger charge is -2.13. The van der Waals surface area contributed by atoms with E-state index in [1.54, 1.807) is 31.2 Å². The molecule has 1 N–H and O–H groups in total. The Balaban J connectivity index is 2.20. The molecule has 4 heteroatoms. The van der Waals surface area contributed by atoms with Gasteiger partial charge in [0.15, 0.2) is 0 Å². The van der Waals surface area contributed by atoms with Crippen molar-refractivity contribution in [2.75, 3.05) is 0 Å². The maximum Gasteiger partial charge on any atom is 0.252 e. The highest BCUT2D eigenvalue weighted by molar-refractivity contribution is 5.96. The molecule has 3 nitrogen and oxygen atoms in total. The molecule has 0 aliphatic carbocycles. The molecule has 0 aromatic heterocycles. The molecule has 0 saturated heterocycles. The van der Waals surface area contributed by atoms with E-state index >= 15 is 0 Å². The minimum atomic E-state index is -0.729. The predicted molar refractivity (Wildman–Crippen MR) is 73.4 cm³/mol. The summed E-state index contributed by atoms with van der Waals surface area (Å²) in [5, 5.41) is 11.8. The van der Waals surface area contributed by atoms with Gasteiger partial charge in [0, 0.05) is 5.56 Å². The third kappa shape index (κ3) is 3.01. The minimum Gasteiger partial charge on any atom is -0.332 e. The summed E-state index contributed by atoms with van der Waals surface area (Å²) in [6.07, 6.45) is 0. The van der Waals surface area contributed by atoms with Gasteiger partial charge in [-0.2, -0.15) is 5.26 Å². The second-order valence-corrected chi connectivity index (χ2v) is 4.41. The number of amides is 1. The summed E-state index contributed by atoms with van der Waals surface area (Å²) in [7, 11) is 0. The number of nitriles is 1. The number of hydrogen-bond acceptors (Lipinski definition) is 2. The van der Waals surface area contributed by atoms with Gasteiger partial charge in [0.2, 0.25) is 0 Å². The highest BCUT2D eigenvalue weighted by Crippen LogP contribution is 2.15. The van der Waals surface area contributed by atoms with Crippen molar-refractivity contribution in [2.45, 2.75) is 13.0 Å². The largest absolute Gasteiger partial charge is 0.332 e. The highest BCUT2D eigenvalue weighted by Gasteiger charge is 2.16. The molecule has 0 saturated carbocycles. The van der Waals surface area contributed by atoms with E-state index in [1.807, 2.05) is 12.1 Å².